The molecule has 33 heavy (non-hydrogen) atoms. The summed E-state index contributed by atoms with van der Waals surface area (Å²) in [4.78, 5) is 0. The monoisotopic (exact) mass is 468 g/mol. The van der Waals surface area contributed by atoms with Gasteiger partial charge in [-0.05, 0) is 61.1 Å². The van der Waals surface area contributed by atoms with Gasteiger partial charge in [0.15, 0.2) is 11.6 Å². The summed E-state index contributed by atoms with van der Waals surface area (Å²) >= 11 is 0. The van der Waals surface area contributed by atoms with Crippen LogP contribution in [0.1, 0.15) is 76.7 Å². The topological polar surface area (TPSA) is 0 Å². The zero-order valence-electron chi connectivity index (χ0n) is 20.5. The van der Waals surface area contributed by atoms with Crippen molar-refractivity contribution in [3.05, 3.63) is 65.7 Å². The first kappa shape index (κ1) is 24.6. The zero-order chi connectivity index (χ0) is 23.1. The fourth-order valence-corrected chi connectivity index (χ4v) is 12.2. The van der Waals surface area contributed by atoms with Gasteiger partial charge in [-0.15, -0.1) is 0 Å². The standard InChI is InChI=1S/C30H42F2Si/c1-2-3-7-20-33(28-8-5-4-6-9-28)21-18-27(19-22-33)26-15-12-24(13-16-26)10-11-25-14-17-29(31)30(32)23-25/h4-6,8-9,14,17,23-24,26-27H,2-3,7,10-13,15-16,18-22H2,1H3. The Morgan fingerprint density at radius 3 is 2.15 bits per heavy atom. The largest absolute Gasteiger partial charge is 0.204 e. The van der Waals surface area contributed by atoms with Crippen LogP contribution in [0.25, 0.3) is 0 Å². The lowest BCUT2D eigenvalue weighted by Gasteiger charge is -2.43. The van der Waals surface area contributed by atoms with Crippen molar-refractivity contribution in [2.24, 2.45) is 17.8 Å². The normalized spacial score (nSPS) is 28.0. The maximum absolute atomic E-state index is 13.5. The Morgan fingerprint density at radius 2 is 1.48 bits per heavy atom. The highest BCUT2D eigenvalue weighted by atomic mass is 28.3. The number of hydrogen-bond donors (Lipinski definition) is 0. The molecule has 4 rings (SSSR count). The highest BCUT2D eigenvalue weighted by Crippen LogP contribution is 2.44. The van der Waals surface area contributed by atoms with Gasteiger partial charge in [0.25, 0.3) is 0 Å². The minimum absolute atomic E-state index is 0.710. The fourth-order valence-electron chi connectivity index (χ4n) is 6.87. The van der Waals surface area contributed by atoms with E-state index in [1.165, 1.54) is 88.1 Å². The molecule has 0 N–H and O–H groups in total. The van der Waals surface area contributed by atoms with Gasteiger partial charge in [-0.1, -0.05) is 112 Å². The Hall–Kier alpha value is -1.48. The van der Waals surface area contributed by atoms with E-state index in [1.807, 2.05) is 0 Å². The summed E-state index contributed by atoms with van der Waals surface area (Å²) in [6.45, 7) is 2.32. The molecule has 2 aromatic carbocycles. The Morgan fingerprint density at radius 1 is 0.788 bits per heavy atom. The smallest absolute Gasteiger partial charge is 0.159 e. The molecule has 1 saturated carbocycles. The zero-order valence-corrected chi connectivity index (χ0v) is 21.5. The highest BCUT2D eigenvalue weighted by Gasteiger charge is 2.40. The van der Waals surface area contributed by atoms with E-state index in [1.54, 1.807) is 11.3 Å². The maximum Gasteiger partial charge on any atom is 0.159 e. The van der Waals surface area contributed by atoms with E-state index in [0.717, 1.165) is 36.2 Å². The van der Waals surface area contributed by atoms with Crippen LogP contribution in [0.15, 0.2) is 48.5 Å². The van der Waals surface area contributed by atoms with Gasteiger partial charge < -0.3 is 0 Å². The molecule has 2 fully saturated rings. The van der Waals surface area contributed by atoms with Gasteiger partial charge in [-0.2, -0.15) is 0 Å². The van der Waals surface area contributed by atoms with Crippen molar-refractivity contribution in [2.75, 3.05) is 0 Å². The molecule has 0 atom stereocenters. The van der Waals surface area contributed by atoms with E-state index in [0.29, 0.717) is 0 Å². The van der Waals surface area contributed by atoms with Crippen LogP contribution in [0.2, 0.25) is 18.1 Å². The Kier molecular flexibility index (Phi) is 8.79. The molecule has 1 aliphatic carbocycles. The van der Waals surface area contributed by atoms with Gasteiger partial charge in [0, 0.05) is 0 Å². The molecule has 2 aliphatic rings. The molecule has 0 amide bonds. The predicted molar refractivity (Wildman–Crippen MR) is 139 cm³/mol. The quantitative estimate of drug-likeness (QED) is 0.255. The van der Waals surface area contributed by atoms with Crippen LogP contribution >= 0.6 is 0 Å². The van der Waals surface area contributed by atoms with Crippen LogP contribution in [0.3, 0.4) is 0 Å². The Balaban J connectivity index is 1.26. The van der Waals surface area contributed by atoms with Crippen LogP contribution in [0.5, 0.6) is 0 Å². The molecule has 0 aromatic heterocycles. The molecule has 1 saturated heterocycles. The average Bonchev–Trinajstić information content (AvgIpc) is 2.86. The predicted octanol–water partition coefficient (Wildman–Crippen LogP) is 8.66. The Bertz CT molecular complexity index is 849. The summed E-state index contributed by atoms with van der Waals surface area (Å²) < 4.78 is 26.6. The number of hydrogen-bond acceptors (Lipinski definition) is 0. The van der Waals surface area contributed by atoms with Crippen molar-refractivity contribution >= 4 is 13.3 Å². The summed E-state index contributed by atoms with van der Waals surface area (Å²) in [6, 6.07) is 20.5. The van der Waals surface area contributed by atoms with Crippen LogP contribution in [0.4, 0.5) is 8.78 Å². The first-order valence-electron chi connectivity index (χ1n) is 13.6. The lowest BCUT2D eigenvalue weighted by molar-refractivity contribution is 0.186. The van der Waals surface area contributed by atoms with Crippen LogP contribution in [-0.2, 0) is 6.42 Å². The van der Waals surface area contributed by atoms with Gasteiger partial charge in [-0.3, -0.25) is 0 Å². The summed E-state index contributed by atoms with van der Waals surface area (Å²) in [5.41, 5.74) is 0.939. The minimum Gasteiger partial charge on any atom is -0.204 e. The van der Waals surface area contributed by atoms with Gasteiger partial charge in [0.1, 0.15) is 0 Å². The second-order valence-electron chi connectivity index (χ2n) is 11.0. The summed E-state index contributed by atoms with van der Waals surface area (Å²) in [5, 5.41) is 1.72. The first-order valence-corrected chi connectivity index (χ1v) is 16.2. The van der Waals surface area contributed by atoms with Crippen molar-refractivity contribution in [2.45, 2.75) is 95.7 Å². The van der Waals surface area contributed by atoms with Crippen LogP contribution in [0, 0.1) is 29.4 Å². The third kappa shape index (κ3) is 6.35. The molecule has 0 radical (unpaired) electrons. The number of rotatable bonds is 9. The summed E-state index contributed by atoms with van der Waals surface area (Å²) in [5.74, 6) is 1.16. The minimum atomic E-state index is -1.33. The van der Waals surface area contributed by atoms with Crippen LogP contribution in [-0.4, -0.2) is 8.07 Å². The molecule has 0 bridgehead atoms. The van der Waals surface area contributed by atoms with E-state index >= 15 is 0 Å². The molecule has 0 unspecified atom stereocenters. The van der Waals surface area contributed by atoms with E-state index in [4.69, 9.17) is 0 Å². The molecule has 2 aromatic rings. The average molecular weight is 469 g/mol. The van der Waals surface area contributed by atoms with Crippen LogP contribution < -0.4 is 5.19 Å². The van der Waals surface area contributed by atoms with Gasteiger partial charge in [0.05, 0.1) is 8.07 Å². The Labute approximate surface area is 201 Å². The molecule has 1 aliphatic heterocycles. The van der Waals surface area contributed by atoms with Crippen molar-refractivity contribution in [3.63, 3.8) is 0 Å². The van der Waals surface area contributed by atoms with E-state index < -0.39 is 19.7 Å². The maximum atomic E-state index is 13.5. The van der Waals surface area contributed by atoms with E-state index in [2.05, 4.69) is 37.3 Å². The molecule has 0 spiro atoms. The molecule has 3 heteroatoms. The summed E-state index contributed by atoms with van der Waals surface area (Å²) in [6.07, 6.45) is 14.4. The third-order valence-electron chi connectivity index (χ3n) is 9.02. The van der Waals surface area contributed by atoms with Crippen molar-refractivity contribution in [3.8, 4) is 0 Å². The number of unbranched alkanes of at least 4 members (excludes halogenated alkanes) is 2. The third-order valence-corrected chi connectivity index (χ3v) is 14.4. The molecule has 180 valence electrons. The van der Waals surface area contributed by atoms with Gasteiger partial charge >= 0.3 is 0 Å². The van der Waals surface area contributed by atoms with Crippen molar-refractivity contribution in [1.29, 1.82) is 0 Å². The van der Waals surface area contributed by atoms with E-state index in [-0.39, 0.29) is 0 Å². The molecule has 1 heterocycles. The number of benzene rings is 2. The number of aryl methyl sites for hydroxylation is 1. The van der Waals surface area contributed by atoms with Crippen molar-refractivity contribution in [1.82, 2.24) is 0 Å². The lowest BCUT2D eigenvalue weighted by Crippen LogP contribution is -2.50. The number of halogens is 2. The SMILES string of the molecule is CCCCC[Si]1(c2ccccc2)CCC(C2CCC(CCc3ccc(F)c(F)c3)CC2)CC1. The molecule has 0 nitrogen and oxygen atoms in total. The molecular formula is C30H42F2Si. The van der Waals surface area contributed by atoms with Crippen molar-refractivity contribution < 1.29 is 8.78 Å². The second-order valence-corrected chi connectivity index (χ2v) is 15.6. The van der Waals surface area contributed by atoms with E-state index in [9.17, 15) is 8.78 Å². The fraction of sp³-hybridized carbons (Fsp3) is 0.600. The second kappa shape index (κ2) is 11.8. The first-order chi connectivity index (χ1) is 16.1. The van der Waals surface area contributed by atoms with Gasteiger partial charge in [0.2, 0.25) is 0 Å². The highest BCUT2D eigenvalue weighted by molar-refractivity contribution is 6.92. The lowest BCUT2D eigenvalue weighted by atomic mass is 9.73. The van der Waals surface area contributed by atoms with Gasteiger partial charge in [-0.25, -0.2) is 8.78 Å². The summed E-state index contributed by atoms with van der Waals surface area (Å²) in [7, 11) is -1.33. The molecular weight excluding hydrogens is 426 g/mol.